The van der Waals surface area contributed by atoms with Crippen LogP contribution in [0.1, 0.15) is 24.5 Å². The molecule has 0 aromatic heterocycles. The number of anilines is 2. The fourth-order valence-electron chi connectivity index (χ4n) is 4.32. The van der Waals surface area contributed by atoms with E-state index in [-0.39, 0.29) is 17.5 Å². The Kier molecular flexibility index (Phi) is 6.06. The van der Waals surface area contributed by atoms with Gasteiger partial charge in [-0.3, -0.25) is 9.59 Å². The van der Waals surface area contributed by atoms with E-state index in [1.807, 2.05) is 98.8 Å². The molecule has 2 amide bonds. The SMILES string of the molecule is CCCOc1ccc(C2=C(Nc3cccc4ccccc34)C(=O)N(c3cccc(C)c3)C2=O)cc1. The molecule has 0 unspecified atom stereocenters. The van der Waals surface area contributed by atoms with E-state index in [1.54, 1.807) is 6.07 Å². The molecule has 0 spiro atoms. The third kappa shape index (κ3) is 4.28. The topological polar surface area (TPSA) is 58.6 Å². The second kappa shape index (κ2) is 9.47. The molecule has 4 aromatic rings. The number of ether oxygens (including phenoxy) is 1. The van der Waals surface area contributed by atoms with Crippen LogP contribution in [0.15, 0.2) is 96.7 Å². The van der Waals surface area contributed by atoms with Crippen LogP contribution in [-0.4, -0.2) is 18.4 Å². The van der Waals surface area contributed by atoms with E-state index in [0.717, 1.165) is 34.2 Å². The van der Waals surface area contributed by atoms with E-state index >= 15 is 0 Å². The van der Waals surface area contributed by atoms with Crippen LogP contribution in [0.3, 0.4) is 0 Å². The third-order valence-electron chi connectivity index (χ3n) is 6.01. The summed E-state index contributed by atoms with van der Waals surface area (Å²) < 4.78 is 5.70. The average molecular weight is 463 g/mol. The fraction of sp³-hybridized carbons (Fsp3) is 0.133. The molecule has 1 heterocycles. The lowest BCUT2D eigenvalue weighted by Crippen LogP contribution is -2.32. The normalized spacial score (nSPS) is 13.6. The summed E-state index contributed by atoms with van der Waals surface area (Å²) in [5, 5.41) is 5.33. The molecule has 0 atom stereocenters. The number of nitrogens with one attached hydrogen (secondary N) is 1. The van der Waals surface area contributed by atoms with Gasteiger partial charge < -0.3 is 10.1 Å². The van der Waals surface area contributed by atoms with Gasteiger partial charge in [-0.2, -0.15) is 0 Å². The number of aryl methyl sites for hydroxylation is 1. The van der Waals surface area contributed by atoms with Gasteiger partial charge in [-0.05, 0) is 60.2 Å². The minimum atomic E-state index is -0.380. The molecular formula is C30H26N2O3. The zero-order valence-corrected chi connectivity index (χ0v) is 19.7. The highest BCUT2D eigenvalue weighted by molar-refractivity contribution is 6.46. The summed E-state index contributed by atoms with van der Waals surface area (Å²) in [5.41, 5.74) is 3.55. The van der Waals surface area contributed by atoms with Crippen molar-refractivity contribution in [3.63, 3.8) is 0 Å². The predicted octanol–water partition coefficient (Wildman–Crippen LogP) is 6.33. The van der Waals surface area contributed by atoms with Gasteiger partial charge in [0, 0.05) is 11.1 Å². The second-order valence-corrected chi connectivity index (χ2v) is 8.56. The first-order chi connectivity index (χ1) is 17.1. The molecule has 5 nitrogen and oxygen atoms in total. The van der Waals surface area contributed by atoms with Crippen molar-refractivity contribution in [3.8, 4) is 5.75 Å². The lowest BCUT2D eigenvalue weighted by Gasteiger charge is -2.16. The van der Waals surface area contributed by atoms with Gasteiger partial charge in [0.25, 0.3) is 11.8 Å². The van der Waals surface area contributed by atoms with Crippen molar-refractivity contribution in [2.24, 2.45) is 0 Å². The quantitative estimate of drug-likeness (QED) is 0.326. The van der Waals surface area contributed by atoms with Crippen LogP contribution in [0.2, 0.25) is 0 Å². The molecule has 5 heteroatoms. The largest absolute Gasteiger partial charge is 0.494 e. The Hall–Kier alpha value is -4.38. The number of carbonyl (C=O) groups is 2. The number of fused-ring (bicyclic) bond motifs is 1. The molecule has 0 bridgehead atoms. The van der Waals surface area contributed by atoms with Crippen LogP contribution >= 0.6 is 0 Å². The third-order valence-corrected chi connectivity index (χ3v) is 6.01. The number of carbonyl (C=O) groups excluding carboxylic acids is 2. The zero-order valence-electron chi connectivity index (χ0n) is 19.7. The Bertz CT molecular complexity index is 1450. The Morgan fingerprint density at radius 2 is 1.57 bits per heavy atom. The number of hydrogen-bond donors (Lipinski definition) is 1. The molecule has 35 heavy (non-hydrogen) atoms. The van der Waals surface area contributed by atoms with Crippen molar-refractivity contribution in [3.05, 3.63) is 108 Å². The molecule has 0 aliphatic carbocycles. The first kappa shape index (κ1) is 22.4. The number of amides is 2. The maximum absolute atomic E-state index is 13.7. The minimum Gasteiger partial charge on any atom is -0.494 e. The molecule has 1 aliphatic heterocycles. The highest BCUT2D eigenvalue weighted by Gasteiger charge is 2.40. The summed E-state index contributed by atoms with van der Waals surface area (Å²) >= 11 is 0. The number of imide groups is 1. The minimum absolute atomic E-state index is 0.259. The average Bonchev–Trinajstić information content (AvgIpc) is 3.12. The smallest absolute Gasteiger partial charge is 0.282 e. The monoisotopic (exact) mass is 462 g/mol. The standard InChI is InChI=1S/C30H26N2O3/c1-3-18-35-24-16-14-22(15-17-24)27-28(31-26-13-7-10-21-9-4-5-12-25(21)26)30(34)32(29(27)33)23-11-6-8-20(2)19-23/h4-17,19,31H,3,18H2,1-2H3. The summed E-state index contributed by atoms with van der Waals surface area (Å²) in [6.45, 7) is 4.61. The lowest BCUT2D eigenvalue weighted by atomic mass is 10.0. The van der Waals surface area contributed by atoms with Crippen LogP contribution in [0.25, 0.3) is 16.3 Å². The van der Waals surface area contributed by atoms with Crippen molar-refractivity contribution in [2.75, 3.05) is 16.8 Å². The lowest BCUT2D eigenvalue weighted by molar-refractivity contribution is -0.120. The highest BCUT2D eigenvalue weighted by Crippen LogP contribution is 2.36. The molecule has 0 saturated heterocycles. The van der Waals surface area contributed by atoms with Crippen molar-refractivity contribution in [1.29, 1.82) is 0 Å². The van der Waals surface area contributed by atoms with Crippen molar-refractivity contribution >= 4 is 39.5 Å². The van der Waals surface area contributed by atoms with Gasteiger partial charge in [0.05, 0.1) is 17.9 Å². The Labute approximate surface area is 204 Å². The molecule has 0 saturated carbocycles. The summed E-state index contributed by atoms with van der Waals surface area (Å²) in [7, 11) is 0. The summed E-state index contributed by atoms with van der Waals surface area (Å²) in [6, 6.07) is 28.6. The van der Waals surface area contributed by atoms with Crippen LogP contribution in [0.5, 0.6) is 5.75 Å². The maximum atomic E-state index is 13.7. The van der Waals surface area contributed by atoms with E-state index in [0.29, 0.717) is 23.4 Å². The van der Waals surface area contributed by atoms with E-state index < -0.39 is 0 Å². The predicted molar refractivity (Wildman–Crippen MR) is 140 cm³/mol. The molecule has 1 aliphatic rings. The number of hydrogen-bond acceptors (Lipinski definition) is 4. The van der Waals surface area contributed by atoms with Crippen LogP contribution < -0.4 is 15.0 Å². The van der Waals surface area contributed by atoms with Crippen LogP contribution in [0, 0.1) is 6.92 Å². The van der Waals surface area contributed by atoms with Gasteiger partial charge in [-0.25, -0.2) is 4.90 Å². The van der Waals surface area contributed by atoms with E-state index in [9.17, 15) is 9.59 Å². The molecule has 5 rings (SSSR count). The first-order valence-corrected chi connectivity index (χ1v) is 11.7. The van der Waals surface area contributed by atoms with Gasteiger partial charge in [-0.1, -0.05) is 67.6 Å². The fourth-order valence-corrected chi connectivity index (χ4v) is 4.32. The van der Waals surface area contributed by atoms with Crippen LogP contribution in [0.4, 0.5) is 11.4 Å². The van der Waals surface area contributed by atoms with E-state index in [4.69, 9.17) is 4.74 Å². The summed E-state index contributed by atoms with van der Waals surface area (Å²) in [4.78, 5) is 28.7. The molecule has 0 radical (unpaired) electrons. The first-order valence-electron chi connectivity index (χ1n) is 11.7. The van der Waals surface area contributed by atoms with Crippen LogP contribution in [-0.2, 0) is 9.59 Å². The Morgan fingerprint density at radius 3 is 2.34 bits per heavy atom. The number of rotatable bonds is 7. The highest BCUT2D eigenvalue weighted by atomic mass is 16.5. The van der Waals surface area contributed by atoms with Crippen molar-refractivity contribution in [2.45, 2.75) is 20.3 Å². The molecule has 174 valence electrons. The van der Waals surface area contributed by atoms with Gasteiger partial charge in [0.15, 0.2) is 0 Å². The maximum Gasteiger partial charge on any atom is 0.282 e. The van der Waals surface area contributed by atoms with Crippen molar-refractivity contribution < 1.29 is 14.3 Å². The number of benzene rings is 4. The Balaban J connectivity index is 1.61. The molecule has 4 aromatic carbocycles. The molecule has 0 fully saturated rings. The van der Waals surface area contributed by atoms with Gasteiger partial charge in [-0.15, -0.1) is 0 Å². The summed E-state index contributed by atoms with van der Waals surface area (Å²) in [6.07, 6.45) is 0.907. The van der Waals surface area contributed by atoms with E-state index in [2.05, 4.69) is 5.32 Å². The van der Waals surface area contributed by atoms with E-state index in [1.165, 1.54) is 4.90 Å². The number of nitrogens with zero attached hydrogens (tertiary/aromatic N) is 1. The zero-order chi connectivity index (χ0) is 24.4. The Morgan fingerprint density at radius 1 is 0.829 bits per heavy atom. The van der Waals surface area contributed by atoms with Gasteiger partial charge in [0.1, 0.15) is 11.4 Å². The van der Waals surface area contributed by atoms with Crippen molar-refractivity contribution in [1.82, 2.24) is 0 Å². The van der Waals surface area contributed by atoms with Gasteiger partial charge in [0.2, 0.25) is 0 Å². The second-order valence-electron chi connectivity index (χ2n) is 8.56. The van der Waals surface area contributed by atoms with Gasteiger partial charge >= 0.3 is 0 Å². The molecular weight excluding hydrogens is 436 g/mol. The summed E-state index contributed by atoms with van der Waals surface area (Å²) in [5.74, 6) is -0.00696. The molecule has 1 N–H and O–H groups in total.